The van der Waals surface area contributed by atoms with Gasteiger partial charge < -0.3 is 25.0 Å². The lowest BCUT2D eigenvalue weighted by Gasteiger charge is -2.33. The fraction of sp³-hybridized carbons (Fsp3) is 0.576. The first kappa shape index (κ1) is 31.5. The zero-order valence-electron chi connectivity index (χ0n) is 25.3. The lowest BCUT2D eigenvalue weighted by molar-refractivity contribution is -0.155. The Morgan fingerprint density at radius 1 is 1.10 bits per heavy atom. The Kier molecular flexibility index (Phi) is 11.3. The maximum atomic E-state index is 13.6. The quantitative estimate of drug-likeness (QED) is 0.376. The molecule has 0 saturated carbocycles. The maximum Gasteiger partial charge on any atom is 0.308 e. The van der Waals surface area contributed by atoms with Gasteiger partial charge in [-0.15, -0.1) is 0 Å². The minimum absolute atomic E-state index is 0.0432. The van der Waals surface area contributed by atoms with Gasteiger partial charge in [-0.1, -0.05) is 30.3 Å². The molecule has 0 aliphatic carbocycles. The molecule has 0 radical (unpaired) electrons. The molecule has 0 spiro atoms. The Bertz CT molecular complexity index is 1180. The second-order valence-corrected chi connectivity index (χ2v) is 12.5. The van der Waals surface area contributed by atoms with Gasteiger partial charge in [-0.05, 0) is 89.1 Å². The monoisotopic (exact) mass is 578 g/mol. The lowest BCUT2D eigenvalue weighted by Crippen LogP contribution is -2.46. The van der Waals surface area contributed by atoms with Gasteiger partial charge in [0.05, 0.1) is 24.6 Å². The Balaban J connectivity index is 1.40. The predicted octanol–water partition coefficient (Wildman–Crippen LogP) is 4.57. The lowest BCUT2D eigenvalue weighted by atomic mass is 9.92. The number of rotatable bonds is 11. The molecule has 2 aliphatic rings. The summed E-state index contributed by atoms with van der Waals surface area (Å²) in [6.07, 6.45) is 8.35. The Hall–Kier alpha value is -3.46. The van der Waals surface area contributed by atoms with Crippen molar-refractivity contribution in [3.63, 3.8) is 0 Å². The molecule has 0 unspecified atom stereocenters. The van der Waals surface area contributed by atoms with Gasteiger partial charge in [0.2, 0.25) is 11.8 Å². The van der Waals surface area contributed by atoms with Gasteiger partial charge in [0.1, 0.15) is 18.0 Å². The van der Waals surface area contributed by atoms with Crippen LogP contribution in [0.3, 0.4) is 0 Å². The van der Waals surface area contributed by atoms with Gasteiger partial charge in [0.25, 0.3) is 0 Å². The highest BCUT2D eigenvalue weighted by atomic mass is 16.6. The number of nitrogens with one attached hydrogen (secondary N) is 2. The fourth-order valence-electron chi connectivity index (χ4n) is 5.61. The molecule has 2 aliphatic heterocycles. The number of hydrogen-bond donors (Lipinski definition) is 2. The molecule has 3 heterocycles. The van der Waals surface area contributed by atoms with Crippen molar-refractivity contribution in [2.75, 3.05) is 26.2 Å². The van der Waals surface area contributed by atoms with Crippen LogP contribution in [0.15, 0.2) is 48.8 Å². The number of benzene rings is 1. The van der Waals surface area contributed by atoms with Crippen LogP contribution in [0.25, 0.3) is 0 Å². The third kappa shape index (κ3) is 10.1. The van der Waals surface area contributed by atoms with E-state index in [1.165, 1.54) is 0 Å². The van der Waals surface area contributed by atoms with Crippen molar-refractivity contribution in [3.8, 4) is 5.75 Å². The number of esters is 1. The molecular formula is C33H46N4O5. The normalized spacial score (nSPS) is 18.6. The van der Waals surface area contributed by atoms with Gasteiger partial charge in [0, 0.05) is 25.7 Å². The minimum atomic E-state index is -0.650. The van der Waals surface area contributed by atoms with E-state index >= 15 is 0 Å². The summed E-state index contributed by atoms with van der Waals surface area (Å²) in [7, 11) is 0. The van der Waals surface area contributed by atoms with Gasteiger partial charge in [-0.25, -0.2) is 0 Å². The third-order valence-electron chi connectivity index (χ3n) is 7.86. The third-order valence-corrected chi connectivity index (χ3v) is 7.86. The molecule has 228 valence electrons. The molecule has 2 N–H and O–H groups in total. The Morgan fingerprint density at radius 3 is 2.60 bits per heavy atom. The molecule has 2 saturated heterocycles. The second kappa shape index (κ2) is 15.1. The number of aromatic nitrogens is 1. The predicted molar refractivity (Wildman–Crippen MR) is 160 cm³/mol. The first-order valence-electron chi connectivity index (χ1n) is 15.3. The topological polar surface area (TPSA) is 110 Å². The van der Waals surface area contributed by atoms with Crippen molar-refractivity contribution in [3.05, 3.63) is 59.9 Å². The summed E-state index contributed by atoms with van der Waals surface area (Å²) in [4.78, 5) is 45.6. The number of piperidine rings is 2. The molecular weight excluding hydrogens is 532 g/mol. The fourth-order valence-corrected chi connectivity index (χ4v) is 5.61. The first-order valence-corrected chi connectivity index (χ1v) is 15.3. The van der Waals surface area contributed by atoms with Gasteiger partial charge in [-0.2, -0.15) is 0 Å². The molecule has 2 atom stereocenters. The number of carbonyl (C=O) groups excluding carboxylic acids is 3. The minimum Gasteiger partial charge on any atom is -0.487 e. The highest BCUT2D eigenvalue weighted by Gasteiger charge is 2.31. The van der Waals surface area contributed by atoms with E-state index in [0.717, 1.165) is 44.3 Å². The highest BCUT2D eigenvalue weighted by Crippen LogP contribution is 2.26. The second-order valence-electron chi connectivity index (χ2n) is 12.5. The molecule has 9 nitrogen and oxygen atoms in total. The highest BCUT2D eigenvalue weighted by molar-refractivity contribution is 5.82. The number of amides is 2. The first-order chi connectivity index (χ1) is 20.2. The smallest absolute Gasteiger partial charge is 0.308 e. The molecule has 42 heavy (non-hydrogen) atoms. The summed E-state index contributed by atoms with van der Waals surface area (Å²) in [5.74, 6) is 0.338. The largest absolute Gasteiger partial charge is 0.487 e. The van der Waals surface area contributed by atoms with E-state index < -0.39 is 17.6 Å². The van der Waals surface area contributed by atoms with Gasteiger partial charge in [-0.3, -0.25) is 19.4 Å². The molecule has 0 bridgehead atoms. The van der Waals surface area contributed by atoms with Crippen molar-refractivity contribution < 1.29 is 23.9 Å². The van der Waals surface area contributed by atoms with Crippen molar-refractivity contribution >= 4 is 17.8 Å². The van der Waals surface area contributed by atoms with Crippen molar-refractivity contribution in [1.29, 1.82) is 0 Å². The summed E-state index contributed by atoms with van der Waals surface area (Å²) in [5.41, 5.74) is 1.03. The average Bonchev–Trinajstić information content (AvgIpc) is 2.99. The van der Waals surface area contributed by atoms with E-state index in [0.29, 0.717) is 49.8 Å². The number of pyridine rings is 1. The Labute approximate surface area is 249 Å². The van der Waals surface area contributed by atoms with Crippen molar-refractivity contribution in [2.24, 2.45) is 11.8 Å². The van der Waals surface area contributed by atoms with Crippen LogP contribution in [0, 0.1) is 11.8 Å². The molecule has 2 aromatic rings. The van der Waals surface area contributed by atoms with E-state index in [1.54, 1.807) is 12.4 Å². The van der Waals surface area contributed by atoms with E-state index in [9.17, 15) is 14.4 Å². The summed E-state index contributed by atoms with van der Waals surface area (Å²) >= 11 is 0. The summed E-state index contributed by atoms with van der Waals surface area (Å²) in [5, 5.41) is 6.45. The van der Waals surface area contributed by atoms with Crippen LogP contribution in [0.2, 0.25) is 0 Å². The Morgan fingerprint density at radius 2 is 1.86 bits per heavy atom. The number of nitrogens with zero attached hydrogens (tertiary/aromatic N) is 2. The van der Waals surface area contributed by atoms with Gasteiger partial charge in [0.15, 0.2) is 0 Å². The molecule has 2 amide bonds. The molecule has 4 rings (SSSR count). The van der Waals surface area contributed by atoms with Crippen molar-refractivity contribution in [2.45, 2.75) is 84.0 Å². The van der Waals surface area contributed by atoms with Crippen LogP contribution in [0.4, 0.5) is 0 Å². The number of hydrogen-bond acceptors (Lipinski definition) is 7. The van der Waals surface area contributed by atoms with Crippen molar-refractivity contribution in [1.82, 2.24) is 20.5 Å². The molecule has 9 heteroatoms. The average molecular weight is 579 g/mol. The zero-order valence-corrected chi connectivity index (χ0v) is 25.3. The summed E-state index contributed by atoms with van der Waals surface area (Å²) in [6, 6.07) is 11.0. The van der Waals surface area contributed by atoms with E-state index in [-0.39, 0.29) is 24.2 Å². The zero-order chi connectivity index (χ0) is 30.0. The standard InChI is InChI=1S/C33H46N4O5/c1-33(2,3)42-31(39)19-29(27-18-28(21-35-20-27)41-23-25-8-5-4-6-9-25)36-32(40)26-10-7-17-37(22-26)30(38)12-11-24-13-15-34-16-14-24/h4-6,8-9,18,20-21,24,26,29,34H,7,10-17,19,22-23H2,1-3H3,(H,36,40)/t26-,29+/m1/s1. The number of carbonyl (C=O) groups is 3. The van der Waals surface area contributed by atoms with Crippen LogP contribution < -0.4 is 15.4 Å². The van der Waals surface area contributed by atoms with Crippen LogP contribution >= 0.6 is 0 Å². The number of likely N-dealkylation sites (tertiary alicyclic amines) is 1. The van der Waals surface area contributed by atoms with E-state index in [1.807, 2.05) is 62.1 Å². The molecule has 2 fully saturated rings. The van der Waals surface area contributed by atoms with Crippen LogP contribution in [-0.2, 0) is 25.7 Å². The van der Waals surface area contributed by atoms with E-state index in [4.69, 9.17) is 9.47 Å². The van der Waals surface area contributed by atoms with Crippen LogP contribution in [0.5, 0.6) is 5.75 Å². The van der Waals surface area contributed by atoms with Gasteiger partial charge >= 0.3 is 5.97 Å². The summed E-state index contributed by atoms with van der Waals surface area (Å²) in [6.45, 7) is 8.94. The molecule has 1 aromatic heterocycles. The van der Waals surface area contributed by atoms with Crippen LogP contribution in [0.1, 0.15) is 82.9 Å². The number of ether oxygens (including phenoxy) is 2. The van der Waals surface area contributed by atoms with Crippen LogP contribution in [-0.4, -0.2) is 59.4 Å². The maximum absolute atomic E-state index is 13.6. The van der Waals surface area contributed by atoms with E-state index in [2.05, 4.69) is 15.6 Å². The SMILES string of the molecule is CC(C)(C)OC(=O)C[C@H](NC(=O)[C@@H]1CCCN(C(=O)CCC2CCNCC2)C1)c1cncc(OCc2ccccc2)c1. The molecule has 1 aromatic carbocycles. The summed E-state index contributed by atoms with van der Waals surface area (Å²) < 4.78 is 11.5.